The van der Waals surface area contributed by atoms with Gasteiger partial charge in [0.25, 0.3) is 0 Å². The van der Waals surface area contributed by atoms with E-state index in [1.807, 2.05) is 24.6 Å². The van der Waals surface area contributed by atoms with E-state index in [1.54, 1.807) is 12.3 Å². The van der Waals surface area contributed by atoms with Gasteiger partial charge in [0.1, 0.15) is 16.6 Å². The molecule has 0 atom stereocenters. The molecule has 100 valence electrons. The van der Waals surface area contributed by atoms with Gasteiger partial charge in [-0.1, -0.05) is 12.2 Å². The van der Waals surface area contributed by atoms with Gasteiger partial charge in [-0.3, -0.25) is 0 Å². The average molecular weight is 278 g/mol. The maximum Gasteiger partial charge on any atom is 0.128 e. The number of nitrogens with two attached hydrogens (primary N) is 1. The van der Waals surface area contributed by atoms with Gasteiger partial charge in [0.15, 0.2) is 0 Å². The van der Waals surface area contributed by atoms with Crippen molar-refractivity contribution in [3.8, 4) is 0 Å². The highest BCUT2D eigenvalue weighted by Crippen LogP contribution is 2.23. The van der Waals surface area contributed by atoms with Crippen LogP contribution in [-0.2, 0) is 0 Å². The van der Waals surface area contributed by atoms with E-state index in [2.05, 4.69) is 10.4 Å². The molecule has 0 aliphatic rings. The van der Waals surface area contributed by atoms with Crippen molar-refractivity contribution in [3.63, 3.8) is 0 Å². The Morgan fingerprint density at radius 2 is 2.16 bits per heavy atom. The van der Waals surface area contributed by atoms with Gasteiger partial charge < -0.3 is 11.1 Å². The summed E-state index contributed by atoms with van der Waals surface area (Å²) in [7, 11) is 0. The molecule has 1 aromatic carbocycles. The van der Waals surface area contributed by atoms with Crippen molar-refractivity contribution in [1.82, 2.24) is 9.78 Å². The van der Waals surface area contributed by atoms with Crippen molar-refractivity contribution in [1.29, 1.82) is 0 Å². The van der Waals surface area contributed by atoms with E-state index in [0.29, 0.717) is 11.3 Å². The molecule has 6 heteroatoms. The van der Waals surface area contributed by atoms with Crippen LogP contribution in [0.1, 0.15) is 25.5 Å². The lowest BCUT2D eigenvalue weighted by Crippen LogP contribution is -2.14. The van der Waals surface area contributed by atoms with E-state index in [-0.39, 0.29) is 16.8 Å². The monoisotopic (exact) mass is 278 g/mol. The Hall–Kier alpha value is -1.95. The van der Waals surface area contributed by atoms with Crippen molar-refractivity contribution in [3.05, 3.63) is 41.8 Å². The molecule has 3 N–H and O–H groups in total. The molecule has 0 aliphatic carbocycles. The van der Waals surface area contributed by atoms with Crippen LogP contribution < -0.4 is 11.1 Å². The lowest BCUT2D eigenvalue weighted by molar-refractivity contribution is 0.540. The van der Waals surface area contributed by atoms with Gasteiger partial charge in [-0.25, -0.2) is 9.07 Å². The molecule has 0 unspecified atom stereocenters. The summed E-state index contributed by atoms with van der Waals surface area (Å²) < 4.78 is 15.1. The fraction of sp³-hybridized carbons (Fsp3) is 0.231. The molecule has 19 heavy (non-hydrogen) atoms. The summed E-state index contributed by atoms with van der Waals surface area (Å²) in [5.74, 6) is 0.435. The number of halogens is 1. The largest absolute Gasteiger partial charge is 0.389 e. The Labute approximate surface area is 116 Å². The molecule has 2 aromatic rings. The zero-order valence-electron chi connectivity index (χ0n) is 10.7. The number of nitrogens with zero attached hydrogens (tertiary/aromatic N) is 2. The summed E-state index contributed by atoms with van der Waals surface area (Å²) in [5.41, 5.74) is 6.75. The highest BCUT2D eigenvalue weighted by molar-refractivity contribution is 7.80. The number of nitrogens with one attached hydrogen (secondary N) is 1. The number of hydrogen-bond donors (Lipinski definition) is 2. The first-order valence-corrected chi connectivity index (χ1v) is 6.29. The molecular formula is C13H15FN4S. The molecule has 1 aromatic heterocycles. The number of aromatic nitrogens is 2. The Balaban J connectivity index is 2.38. The molecule has 0 spiro atoms. The molecule has 0 amide bonds. The van der Waals surface area contributed by atoms with Crippen LogP contribution in [0, 0.1) is 5.82 Å². The summed E-state index contributed by atoms with van der Waals surface area (Å²) in [6.45, 7) is 4.05. The van der Waals surface area contributed by atoms with Crippen molar-refractivity contribution >= 4 is 28.7 Å². The smallest absolute Gasteiger partial charge is 0.128 e. The van der Waals surface area contributed by atoms with Crippen LogP contribution in [0.2, 0.25) is 0 Å². The topological polar surface area (TPSA) is 55.9 Å². The van der Waals surface area contributed by atoms with Gasteiger partial charge in [0.2, 0.25) is 0 Å². The third-order valence-electron chi connectivity index (χ3n) is 2.67. The zero-order valence-corrected chi connectivity index (χ0v) is 11.5. The van der Waals surface area contributed by atoms with Gasteiger partial charge in [-0.15, -0.1) is 0 Å². The Morgan fingerprint density at radius 1 is 1.42 bits per heavy atom. The Bertz CT molecular complexity index is 606. The van der Waals surface area contributed by atoms with Crippen molar-refractivity contribution < 1.29 is 4.39 Å². The zero-order chi connectivity index (χ0) is 14.0. The first kappa shape index (κ1) is 13.5. The first-order valence-electron chi connectivity index (χ1n) is 5.89. The van der Waals surface area contributed by atoms with Crippen LogP contribution >= 0.6 is 12.2 Å². The van der Waals surface area contributed by atoms with Gasteiger partial charge in [-0.2, -0.15) is 5.10 Å². The molecule has 4 nitrogen and oxygen atoms in total. The van der Waals surface area contributed by atoms with Crippen LogP contribution in [-0.4, -0.2) is 14.8 Å². The van der Waals surface area contributed by atoms with E-state index in [0.717, 1.165) is 5.82 Å². The minimum Gasteiger partial charge on any atom is -0.389 e. The summed E-state index contributed by atoms with van der Waals surface area (Å²) in [4.78, 5) is 0.151. The highest BCUT2D eigenvalue weighted by Gasteiger charge is 2.10. The van der Waals surface area contributed by atoms with Gasteiger partial charge >= 0.3 is 0 Å². The minimum atomic E-state index is -0.370. The maximum atomic E-state index is 13.2. The number of benzene rings is 1. The predicted molar refractivity (Wildman–Crippen MR) is 78.2 cm³/mol. The van der Waals surface area contributed by atoms with Crippen LogP contribution in [0.5, 0.6) is 0 Å². The summed E-state index contributed by atoms with van der Waals surface area (Å²) in [6, 6.07) is 6.35. The average Bonchev–Trinajstić information content (AvgIpc) is 2.79. The quantitative estimate of drug-likeness (QED) is 0.844. The minimum absolute atomic E-state index is 0.151. The molecule has 0 fully saturated rings. The third kappa shape index (κ3) is 2.90. The highest BCUT2D eigenvalue weighted by atomic mass is 32.1. The van der Waals surface area contributed by atoms with Crippen molar-refractivity contribution in [2.45, 2.75) is 19.9 Å². The lowest BCUT2D eigenvalue weighted by Gasteiger charge is -2.15. The molecule has 0 saturated carbocycles. The molecule has 0 aliphatic heterocycles. The second kappa shape index (κ2) is 5.36. The van der Waals surface area contributed by atoms with E-state index >= 15 is 0 Å². The number of thiocarbonyl (C=S) groups is 1. The van der Waals surface area contributed by atoms with Gasteiger partial charge in [0.05, 0.1) is 11.9 Å². The molecular weight excluding hydrogens is 263 g/mol. The summed E-state index contributed by atoms with van der Waals surface area (Å²) in [6.07, 6.45) is 1.70. The molecule has 0 radical (unpaired) electrons. The maximum absolute atomic E-state index is 13.2. The first-order chi connectivity index (χ1) is 8.99. The normalized spacial score (nSPS) is 10.7. The molecule has 0 bridgehead atoms. The van der Waals surface area contributed by atoms with Crippen molar-refractivity contribution in [2.75, 3.05) is 5.32 Å². The standard InChI is InChI=1S/C13H15FN4S/c1-8(2)18-12(5-6-16-18)17-11-4-3-9(14)7-10(11)13(15)19/h3-8,17H,1-2H3,(H2,15,19). The second-order valence-corrected chi connectivity index (χ2v) is 4.87. The number of hydrogen-bond acceptors (Lipinski definition) is 3. The lowest BCUT2D eigenvalue weighted by atomic mass is 10.1. The fourth-order valence-corrected chi connectivity index (χ4v) is 1.96. The number of anilines is 2. The van der Waals surface area contributed by atoms with E-state index in [4.69, 9.17) is 18.0 Å². The third-order valence-corrected chi connectivity index (χ3v) is 2.89. The molecule has 0 saturated heterocycles. The fourth-order valence-electron chi connectivity index (χ4n) is 1.79. The van der Waals surface area contributed by atoms with Crippen LogP contribution in [0.3, 0.4) is 0 Å². The molecule has 1 heterocycles. The van der Waals surface area contributed by atoms with E-state index in [9.17, 15) is 4.39 Å². The molecule has 2 rings (SSSR count). The van der Waals surface area contributed by atoms with Gasteiger partial charge in [-0.05, 0) is 32.0 Å². The van der Waals surface area contributed by atoms with E-state index in [1.165, 1.54) is 12.1 Å². The Kier molecular flexibility index (Phi) is 3.80. The van der Waals surface area contributed by atoms with Crippen molar-refractivity contribution in [2.24, 2.45) is 5.73 Å². The summed E-state index contributed by atoms with van der Waals surface area (Å²) in [5, 5.41) is 7.40. The van der Waals surface area contributed by atoms with Crippen LogP contribution in [0.25, 0.3) is 0 Å². The Morgan fingerprint density at radius 3 is 2.79 bits per heavy atom. The van der Waals surface area contributed by atoms with E-state index < -0.39 is 0 Å². The van der Waals surface area contributed by atoms with Crippen LogP contribution in [0.4, 0.5) is 15.9 Å². The van der Waals surface area contributed by atoms with Crippen LogP contribution in [0.15, 0.2) is 30.5 Å². The van der Waals surface area contributed by atoms with Gasteiger partial charge in [0, 0.05) is 17.7 Å². The SMILES string of the molecule is CC(C)n1nccc1Nc1ccc(F)cc1C(N)=S. The summed E-state index contributed by atoms with van der Waals surface area (Å²) >= 11 is 4.94. The second-order valence-electron chi connectivity index (χ2n) is 4.43. The predicted octanol–water partition coefficient (Wildman–Crippen LogP) is 2.98. The number of rotatable bonds is 4.